The first kappa shape index (κ1) is 14.6. The van der Waals surface area contributed by atoms with E-state index in [1.165, 1.54) is 43.4 Å². The van der Waals surface area contributed by atoms with Crippen LogP contribution in [0.2, 0.25) is 0 Å². The molecule has 1 aromatic rings. The molecular formula is C18H29N. The van der Waals surface area contributed by atoms with Gasteiger partial charge in [-0.3, -0.25) is 4.98 Å². The lowest BCUT2D eigenvalue weighted by molar-refractivity contribution is 0.202. The highest BCUT2D eigenvalue weighted by Gasteiger charge is 2.29. The number of hydrogen-bond acceptors (Lipinski definition) is 1. The summed E-state index contributed by atoms with van der Waals surface area (Å²) >= 11 is 0. The maximum Gasteiger partial charge on any atom is 0.0467 e. The van der Waals surface area contributed by atoms with Crippen molar-refractivity contribution in [2.45, 2.75) is 72.6 Å². The number of pyridine rings is 1. The summed E-state index contributed by atoms with van der Waals surface area (Å²) in [5.74, 6) is 1.53. The van der Waals surface area contributed by atoms with Crippen LogP contribution in [-0.4, -0.2) is 4.98 Å². The summed E-state index contributed by atoms with van der Waals surface area (Å²) in [6, 6.07) is 4.38. The zero-order valence-electron chi connectivity index (χ0n) is 13.3. The molecule has 0 N–H and O–H groups in total. The summed E-state index contributed by atoms with van der Waals surface area (Å²) in [6.07, 6.45) is 6.69. The van der Waals surface area contributed by atoms with Crippen molar-refractivity contribution in [3.05, 3.63) is 29.1 Å². The first-order chi connectivity index (χ1) is 8.87. The lowest BCUT2D eigenvalue weighted by atomic mass is 9.71. The van der Waals surface area contributed by atoms with E-state index >= 15 is 0 Å². The minimum atomic E-state index is 0.447. The first-order valence-corrected chi connectivity index (χ1v) is 7.81. The van der Waals surface area contributed by atoms with Crippen molar-refractivity contribution in [1.82, 2.24) is 4.98 Å². The van der Waals surface area contributed by atoms with Crippen molar-refractivity contribution >= 4 is 0 Å². The van der Waals surface area contributed by atoms with Crippen LogP contribution in [0.5, 0.6) is 0 Å². The number of hydrogen-bond donors (Lipinski definition) is 0. The van der Waals surface area contributed by atoms with Gasteiger partial charge in [0.05, 0.1) is 0 Å². The molecule has 0 saturated heterocycles. The molecule has 1 heteroatoms. The Balaban J connectivity index is 2.25. The SMILES string of the molecule is Cc1ccc(C)c(C2CCC[C@@H](C)CC(C)(C)C2)n1. The molecule has 1 aromatic heterocycles. The summed E-state index contributed by atoms with van der Waals surface area (Å²) in [7, 11) is 0. The van der Waals surface area contributed by atoms with Crippen LogP contribution in [0.25, 0.3) is 0 Å². The highest BCUT2D eigenvalue weighted by atomic mass is 14.7. The first-order valence-electron chi connectivity index (χ1n) is 7.81. The molecule has 1 fully saturated rings. The Labute approximate surface area is 118 Å². The van der Waals surface area contributed by atoms with Crippen molar-refractivity contribution in [1.29, 1.82) is 0 Å². The molecule has 0 bridgehead atoms. The Morgan fingerprint density at radius 2 is 1.84 bits per heavy atom. The van der Waals surface area contributed by atoms with E-state index in [1.807, 2.05) is 0 Å². The average molecular weight is 259 g/mol. The van der Waals surface area contributed by atoms with Gasteiger partial charge in [0.25, 0.3) is 0 Å². The molecule has 1 nitrogen and oxygen atoms in total. The van der Waals surface area contributed by atoms with Gasteiger partial charge in [0.15, 0.2) is 0 Å². The third-order valence-corrected chi connectivity index (χ3v) is 4.61. The zero-order valence-corrected chi connectivity index (χ0v) is 13.3. The smallest absolute Gasteiger partial charge is 0.0467 e. The second kappa shape index (κ2) is 5.64. The summed E-state index contributed by atoms with van der Waals surface area (Å²) in [5, 5.41) is 0. The van der Waals surface area contributed by atoms with E-state index in [2.05, 4.69) is 46.8 Å². The van der Waals surface area contributed by atoms with Crippen molar-refractivity contribution in [3.8, 4) is 0 Å². The minimum absolute atomic E-state index is 0.447. The normalized spacial score (nSPS) is 27.6. The van der Waals surface area contributed by atoms with Crippen molar-refractivity contribution in [2.24, 2.45) is 11.3 Å². The summed E-state index contributed by atoms with van der Waals surface area (Å²) in [4.78, 5) is 4.85. The van der Waals surface area contributed by atoms with E-state index in [9.17, 15) is 0 Å². The molecule has 1 aliphatic carbocycles. The lowest BCUT2D eigenvalue weighted by Gasteiger charge is -2.35. The van der Waals surface area contributed by atoms with Crippen molar-refractivity contribution < 1.29 is 0 Å². The van der Waals surface area contributed by atoms with Crippen LogP contribution in [-0.2, 0) is 0 Å². The van der Waals surface area contributed by atoms with Gasteiger partial charge in [-0.1, -0.05) is 39.7 Å². The fourth-order valence-electron chi connectivity index (χ4n) is 3.90. The monoisotopic (exact) mass is 259 g/mol. The largest absolute Gasteiger partial charge is 0.258 e. The van der Waals surface area contributed by atoms with Gasteiger partial charge < -0.3 is 0 Å². The fraction of sp³-hybridized carbons (Fsp3) is 0.722. The van der Waals surface area contributed by atoms with Gasteiger partial charge in [-0.05, 0) is 56.1 Å². The molecule has 0 amide bonds. The lowest BCUT2D eigenvalue weighted by Crippen LogP contribution is -2.23. The van der Waals surface area contributed by atoms with Gasteiger partial charge >= 0.3 is 0 Å². The second-order valence-electron chi connectivity index (χ2n) is 7.46. The van der Waals surface area contributed by atoms with E-state index in [-0.39, 0.29) is 0 Å². The van der Waals surface area contributed by atoms with Crippen LogP contribution in [0.3, 0.4) is 0 Å². The van der Waals surface area contributed by atoms with E-state index in [1.54, 1.807) is 0 Å². The number of aryl methyl sites for hydroxylation is 2. The third kappa shape index (κ3) is 3.81. The molecule has 2 atom stereocenters. The van der Waals surface area contributed by atoms with Gasteiger partial charge in [-0.15, -0.1) is 0 Å². The van der Waals surface area contributed by atoms with Gasteiger partial charge in [-0.2, -0.15) is 0 Å². The van der Waals surface area contributed by atoms with E-state index in [0.29, 0.717) is 11.3 Å². The molecule has 1 saturated carbocycles. The second-order valence-corrected chi connectivity index (χ2v) is 7.46. The Bertz CT molecular complexity index is 433. The zero-order chi connectivity index (χ0) is 14.0. The van der Waals surface area contributed by atoms with Gasteiger partial charge in [0, 0.05) is 17.3 Å². The van der Waals surface area contributed by atoms with Gasteiger partial charge in [0.1, 0.15) is 0 Å². The molecule has 1 aliphatic rings. The Hall–Kier alpha value is -0.850. The maximum atomic E-state index is 4.85. The molecule has 1 unspecified atom stereocenters. The molecule has 1 heterocycles. The number of rotatable bonds is 1. The average Bonchev–Trinajstić information content (AvgIpc) is 2.28. The molecule has 0 aliphatic heterocycles. The molecule has 106 valence electrons. The predicted molar refractivity (Wildman–Crippen MR) is 82.5 cm³/mol. The topological polar surface area (TPSA) is 12.9 Å². The van der Waals surface area contributed by atoms with Crippen LogP contribution >= 0.6 is 0 Å². The molecule has 19 heavy (non-hydrogen) atoms. The summed E-state index contributed by atoms with van der Waals surface area (Å²) in [5.41, 5.74) is 4.35. The summed E-state index contributed by atoms with van der Waals surface area (Å²) < 4.78 is 0. The highest BCUT2D eigenvalue weighted by Crippen LogP contribution is 2.42. The Morgan fingerprint density at radius 1 is 1.11 bits per heavy atom. The highest BCUT2D eigenvalue weighted by molar-refractivity contribution is 5.24. The maximum absolute atomic E-state index is 4.85. The van der Waals surface area contributed by atoms with E-state index < -0.39 is 0 Å². The molecule has 0 aromatic carbocycles. The molecule has 0 spiro atoms. The van der Waals surface area contributed by atoms with E-state index in [4.69, 9.17) is 4.98 Å². The standard InChI is InChI=1S/C18H29N/c1-13-7-6-8-16(12-18(4,5)11-13)17-14(2)9-10-15(3)19-17/h9-10,13,16H,6-8,11-12H2,1-5H3/t13-,16?/m1/s1. The van der Waals surface area contributed by atoms with Crippen LogP contribution in [0.15, 0.2) is 12.1 Å². The van der Waals surface area contributed by atoms with Crippen LogP contribution in [0.1, 0.15) is 75.7 Å². The van der Waals surface area contributed by atoms with Crippen LogP contribution in [0, 0.1) is 25.2 Å². The Kier molecular flexibility index (Phi) is 4.32. The van der Waals surface area contributed by atoms with Gasteiger partial charge in [-0.25, -0.2) is 0 Å². The van der Waals surface area contributed by atoms with E-state index in [0.717, 1.165) is 11.6 Å². The number of aromatic nitrogens is 1. The summed E-state index contributed by atoms with van der Waals surface area (Å²) in [6.45, 7) is 11.6. The van der Waals surface area contributed by atoms with Gasteiger partial charge in [0.2, 0.25) is 0 Å². The number of nitrogens with zero attached hydrogens (tertiary/aromatic N) is 1. The third-order valence-electron chi connectivity index (χ3n) is 4.61. The molecule has 0 radical (unpaired) electrons. The Morgan fingerprint density at radius 3 is 2.58 bits per heavy atom. The fourth-order valence-corrected chi connectivity index (χ4v) is 3.90. The van der Waals surface area contributed by atoms with Crippen molar-refractivity contribution in [2.75, 3.05) is 0 Å². The minimum Gasteiger partial charge on any atom is -0.258 e. The van der Waals surface area contributed by atoms with Crippen molar-refractivity contribution in [3.63, 3.8) is 0 Å². The molecular weight excluding hydrogens is 230 g/mol. The predicted octanol–water partition coefficient (Wildman–Crippen LogP) is 5.41. The van der Waals surface area contributed by atoms with Crippen LogP contribution in [0.4, 0.5) is 0 Å². The quantitative estimate of drug-likeness (QED) is 0.657. The van der Waals surface area contributed by atoms with Crippen LogP contribution < -0.4 is 0 Å². The molecule has 2 rings (SSSR count).